The highest BCUT2D eigenvalue weighted by Gasteiger charge is 2.12. The number of benzene rings is 1. The van der Waals surface area contributed by atoms with Crippen LogP contribution in [-0.2, 0) is 10.0 Å². The van der Waals surface area contributed by atoms with Gasteiger partial charge in [-0.25, -0.2) is 8.42 Å². The maximum atomic E-state index is 11.9. The molecule has 0 aliphatic carbocycles. The number of aryl methyl sites for hydroxylation is 1. The molecule has 0 amide bonds. The lowest BCUT2D eigenvalue weighted by atomic mass is 10.1. The highest BCUT2D eigenvalue weighted by atomic mass is 32.2. The predicted molar refractivity (Wildman–Crippen MR) is 83.6 cm³/mol. The molecule has 1 aromatic rings. The number of anilines is 1. The van der Waals surface area contributed by atoms with Crippen molar-refractivity contribution in [3.05, 3.63) is 23.8 Å². The number of hydrogen-bond donors (Lipinski definition) is 2. The van der Waals surface area contributed by atoms with Gasteiger partial charge < -0.3 is 5.11 Å². The van der Waals surface area contributed by atoms with Crippen molar-refractivity contribution < 1.29 is 13.5 Å². The Labute approximate surface area is 122 Å². The van der Waals surface area contributed by atoms with E-state index in [4.69, 9.17) is 0 Å². The molecule has 0 saturated carbocycles. The van der Waals surface area contributed by atoms with E-state index in [1.165, 1.54) is 25.3 Å². The average Bonchev–Trinajstić information content (AvgIpc) is 2.38. The SMILES string of the molecule is CCCCCCCCS(=O)(=O)Nc1cc(C)ccc1O. The van der Waals surface area contributed by atoms with Gasteiger partial charge in [-0.1, -0.05) is 45.1 Å². The highest BCUT2D eigenvalue weighted by Crippen LogP contribution is 2.25. The van der Waals surface area contributed by atoms with E-state index in [9.17, 15) is 13.5 Å². The van der Waals surface area contributed by atoms with Gasteiger partial charge in [-0.15, -0.1) is 0 Å². The molecular formula is C15H25NO3S. The lowest BCUT2D eigenvalue weighted by Gasteiger charge is -2.10. The van der Waals surface area contributed by atoms with Gasteiger partial charge in [-0.05, 0) is 31.0 Å². The first kappa shape index (κ1) is 16.8. The third-order valence-electron chi connectivity index (χ3n) is 3.18. The molecule has 20 heavy (non-hydrogen) atoms. The van der Waals surface area contributed by atoms with Crippen LogP contribution in [0.5, 0.6) is 5.75 Å². The molecule has 0 unspecified atom stereocenters. The molecular weight excluding hydrogens is 274 g/mol. The largest absolute Gasteiger partial charge is 0.506 e. The van der Waals surface area contributed by atoms with Gasteiger partial charge in [0.1, 0.15) is 5.75 Å². The first-order valence-electron chi connectivity index (χ1n) is 7.24. The molecule has 0 aliphatic heterocycles. The van der Waals surface area contributed by atoms with Gasteiger partial charge >= 0.3 is 0 Å². The molecule has 0 aliphatic rings. The molecule has 0 fully saturated rings. The summed E-state index contributed by atoms with van der Waals surface area (Å²) in [5.74, 6) is 0.0640. The molecule has 1 aromatic carbocycles. The minimum atomic E-state index is -3.38. The maximum Gasteiger partial charge on any atom is 0.232 e. The van der Waals surface area contributed by atoms with Gasteiger partial charge in [0.15, 0.2) is 0 Å². The number of rotatable bonds is 9. The molecule has 2 N–H and O–H groups in total. The molecule has 0 saturated heterocycles. The van der Waals surface area contributed by atoms with E-state index >= 15 is 0 Å². The van der Waals surface area contributed by atoms with E-state index < -0.39 is 10.0 Å². The first-order chi connectivity index (χ1) is 9.44. The third kappa shape index (κ3) is 6.28. The fourth-order valence-electron chi connectivity index (χ4n) is 2.02. The topological polar surface area (TPSA) is 66.4 Å². The molecule has 0 bridgehead atoms. The lowest BCUT2D eigenvalue weighted by Crippen LogP contribution is -2.16. The van der Waals surface area contributed by atoms with E-state index in [0.717, 1.165) is 18.4 Å². The zero-order chi connectivity index (χ0) is 15.0. The van der Waals surface area contributed by atoms with Crippen LogP contribution in [-0.4, -0.2) is 19.3 Å². The summed E-state index contributed by atoms with van der Waals surface area (Å²) in [4.78, 5) is 0. The van der Waals surface area contributed by atoms with Gasteiger partial charge in [0.05, 0.1) is 11.4 Å². The monoisotopic (exact) mass is 299 g/mol. The van der Waals surface area contributed by atoms with Gasteiger partial charge in [-0.3, -0.25) is 4.72 Å². The molecule has 4 nitrogen and oxygen atoms in total. The van der Waals surface area contributed by atoms with Crippen LogP contribution in [0.2, 0.25) is 0 Å². The number of phenolic OH excluding ortho intramolecular Hbond substituents is 1. The van der Waals surface area contributed by atoms with Gasteiger partial charge in [0.25, 0.3) is 0 Å². The van der Waals surface area contributed by atoms with Crippen molar-refractivity contribution in [3.8, 4) is 5.75 Å². The smallest absolute Gasteiger partial charge is 0.232 e. The molecule has 0 aromatic heterocycles. The van der Waals surface area contributed by atoms with E-state index in [0.29, 0.717) is 6.42 Å². The van der Waals surface area contributed by atoms with Crippen molar-refractivity contribution in [1.82, 2.24) is 0 Å². The van der Waals surface area contributed by atoms with Crippen LogP contribution in [0.1, 0.15) is 51.0 Å². The fourth-order valence-corrected chi connectivity index (χ4v) is 3.21. The average molecular weight is 299 g/mol. The maximum absolute atomic E-state index is 11.9. The predicted octanol–water partition coefficient (Wildman–Crippen LogP) is 3.80. The minimum absolute atomic E-state index is 0.0397. The van der Waals surface area contributed by atoms with Crippen LogP contribution in [0.3, 0.4) is 0 Å². The van der Waals surface area contributed by atoms with Crippen molar-refractivity contribution in [2.75, 3.05) is 10.5 Å². The third-order valence-corrected chi connectivity index (χ3v) is 4.54. The van der Waals surface area contributed by atoms with E-state index in [1.54, 1.807) is 12.1 Å². The molecule has 0 radical (unpaired) electrons. The van der Waals surface area contributed by atoms with Crippen molar-refractivity contribution >= 4 is 15.7 Å². The van der Waals surface area contributed by atoms with Gasteiger partial charge in [0.2, 0.25) is 10.0 Å². The van der Waals surface area contributed by atoms with Crippen LogP contribution in [0.4, 0.5) is 5.69 Å². The Bertz CT molecular complexity index is 512. The zero-order valence-electron chi connectivity index (χ0n) is 12.4. The molecule has 114 valence electrons. The zero-order valence-corrected chi connectivity index (χ0v) is 13.2. The number of hydrogen-bond acceptors (Lipinski definition) is 3. The summed E-state index contributed by atoms with van der Waals surface area (Å²) in [5.41, 5.74) is 1.16. The molecule has 5 heteroatoms. The second-order valence-electron chi connectivity index (χ2n) is 5.21. The van der Waals surface area contributed by atoms with Crippen LogP contribution in [0.15, 0.2) is 18.2 Å². The van der Waals surface area contributed by atoms with Crippen molar-refractivity contribution in [2.45, 2.75) is 52.4 Å². The van der Waals surface area contributed by atoms with Gasteiger partial charge in [-0.2, -0.15) is 0 Å². The molecule has 0 heterocycles. The number of sulfonamides is 1. The Morgan fingerprint density at radius 3 is 2.45 bits per heavy atom. The van der Waals surface area contributed by atoms with Crippen LogP contribution < -0.4 is 4.72 Å². The van der Waals surface area contributed by atoms with E-state index in [2.05, 4.69) is 11.6 Å². The summed E-state index contributed by atoms with van der Waals surface area (Å²) in [6, 6.07) is 4.87. The summed E-state index contributed by atoms with van der Waals surface area (Å²) in [6.07, 6.45) is 6.24. The molecule has 1 rings (SSSR count). The minimum Gasteiger partial charge on any atom is -0.506 e. The lowest BCUT2D eigenvalue weighted by molar-refractivity contribution is 0.477. The molecule has 0 spiro atoms. The number of nitrogens with one attached hydrogen (secondary N) is 1. The Balaban J connectivity index is 2.43. The Morgan fingerprint density at radius 2 is 1.75 bits per heavy atom. The Morgan fingerprint density at radius 1 is 1.10 bits per heavy atom. The van der Waals surface area contributed by atoms with E-state index in [1.807, 2.05) is 6.92 Å². The van der Waals surface area contributed by atoms with Crippen LogP contribution in [0.25, 0.3) is 0 Å². The van der Waals surface area contributed by atoms with Gasteiger partial charge in [0, 0.05) is 0 Å². The second kappa shape index (κ2) is 8.15. The van der Waals surface area contributed by atoms with Crippen molar-refractivity contribution in [1.29, 1.82) is 0 Å². The standard InChI is InChI=1S/C15H25NO3S/c1-3-4-5-6-7-8-11-20(18,19)16-14-12-13(2)9-10-15(14)17/h9-10,12,16-17H,3-8,11H2,1-2H3. The Kier molecular flexibility index (Phi) is 6.85. The summed E-state index contributed by atoms with van der Waals surface area (Å²) in [7, 11) is -3.38. The van der Waals surface area contributed by atoms with Crippen LogP contribution >= 0.6 is 0 Å². The van der Waals surface area contributed by atoms with Crippen molar-refractivity contribution in [2.24, 2.45) is 0 Å². The number of unbranched alkanes of at least 4 members (excludes halogenated alkanes) is 5. The quantitative estimate of drug-likeness (QED) is 0.538. The second-order valence-corrected chi connectivity index (χ2v) is 7.05. The first-order valence-corrected chi connectivity index (χ1v) is 8.90. The van der Waals surface area contributed by atoms with Crippen molar-refractivity contribution in [3.63, 3.8) is 0 Å². The summed E-state index contributed by atoms with van der Waals surface area (Å²) < 4.78 is 26.3. The number of aromatic hydroxyl groups is 1. The number of phenols is 1. The molecule has 0 atom stereocenters. The van der Waals surface area contributed by atoms with Crippen LogP contribution in [0, 0.1) is 6.92 Å². The Hall–Kier alpha value is -1.23. The normalized spacial score (nSPS) is 11.5. The summed E-state index contributed by atoms with van der Waals surface area (Å²) >= 11 is 0. The summed E-state index contributed by atoms with van der Waals surface area (Å²) in [5, 5.41) is 9.64. The fraction of sp³-hybridized carbons (Fsp3) is 0.600. The van der Waals surface area contributed by atoms with E-state index in [-0.39, 0.29) is 17.2 Å². The summed E-state index contributed by atoms with van der Waals surface area (Å²) in [6.45, 7) is 4.01. The highest BCUT2D eigenvalue weighted by molar-refractivity contribution is 7.92.